The molecule has 0 saturated carbocycles. The second-order valence-corrected chi connectivity index (χ2v) is 7.05. The number of benzene rings is 1. The Kier molecular flexibility index (Phi) is 7.34. The van der Waals surface area contributed by atoms with E-state index in [-0.39, 0.29) is 23.9 Å². The van der Waals surface area contributed by atoms with Gasteiger partial charge in [-0.15, -0.1) is 0 Å². The average Bonchev–Trinajstić information content (AvgIpc) is 2.73. The third-order valence-electron chi connectivity index (χ3n) is 4.94. The lowest BCUT2D eigenvalue weighted by molar-refractivity contribution is -0.307. The number of aliphatic hydroxyl groups is 6. The lowest BCUT2D eigenvalue weighted by Gasteiger charge is -2.41. The fraction of sp³-hybridized carbons (Fsp3) is 0.667. The molecule has 0 radical (unpaired) electrons. The van der Waals surface area contributed by atoms with Gasteiger partial charge in [-0.05, 0) is 12.1 Å². The molecule has 12 nitrogen and oxygen atoms in total. The summed E-state index contributed by atoms with van der Waals surface area (Å²) in [5, 5.41) is 69.2. The van der Waals surface area contributed by atoms with E-state index in [2.05, 4.69) is 0 Å². The van der Waals surface area contributed by atoms with Gasteiger partial charge in [-0.2, -0.15) is 0 Å². The van der Waals surface area contributed by atoms with Crippen molar-refractivity contribution in [3.8, 4) is 17.2 Å². The molecule has 2 saturated heterocycles. The van der Waals surface area contributed by atoms with Crippen LogP contribution in [0, 0.1) is 0 Å². The van der Waals surface area contributed by atoms with Gasteiger partial charge in [-0.3, -0.25) is 0 Å². The lowest BCUT2D eigenvalue weighted by atomic mass is 9.99. The molecule has 0 aromatic heterocycles. The van der Waals surface area contributed by atoms with Gasteiger partial charge in [0.05, 0.1) is 20.3 Å². The Balaban J connectivity index is 1.66. The molecule has 3 rings (SSSR count). The van der Waals surface area contributed by atoms with E-state index in [9.17, 15) is 35.7 Å². The van der Waals surface area contributed by atoms with E-state index in [0.717, 1.165) is 0 Å². The minimum absolute atomic E-state index is 0.0793. The van der Waals surface area contributed by atoms with Crippen LogP contribution in [0.25, 0.3) is 0 Å². The number of hydrogen-bond acceptors (Lipinski definition) is 12. The van der Waals surface area contributed by atoms with Gasteiger partial charge < -0.3 is 59.4 Å². The summed E-state index contributed by atoms with van der Waals surface area (Å²) in [4.78, 5) is 0. The van der Waals surface area contributed by atoms with Gasteiger partial charge in [0, 0.05) is 6.07 Å². The van der Waals surface area contributed by atoms with Crippen LogP contribution in [0.15, 0.2) is 18.2 Å². The van der Waals surface area contributed by atoms with Crippen molar-refractivity contribution in [2.45, 2.75) is 55.3 Å². The van der Waals surface area contributed by atoms with E-state index in [1.54, 1.807) is 0 Å². The van der Waals surface area contributed by atoms with Crippen LogP contribution >= 0.6 is 0 Å². The lowest BCUT2D eigenvalue weighted by Crippen LogP contribution is -2.61. The van der Waals surface area contributed by atoms with Crippen molar-refractivity contribution in [1.29, 1.82) is 0 Å². The van der Waals surface area contributed by atoms with Crippen LogP contribution in [0.4, 0.5) is 0 Å². The van der Waals surface area contributed by atoms with Crippen molar-refractivity contribution < 1.29 is 59.4 Å². The maximum atomic E-state index is 10.2. The molecule has 0 bridgehead atoms. The molecule has 2 fully saturated rings. The van der Waals surface area contributed by atoms with E-state index in [1.165, 1.54) is 25.3 Å². The fourth-order valence-corrected chi connectivity index (χ4v) is 3.15. The predicted octanol–water partition coefficient (Wildman–Crippen LogP) is -2.96. The molecule has 1 aromatic rings. The van der Waals surface area contributed by atoms with E-state index < -0.39 is 61.9 Å². The Morgan fingerprint density at radius 2 is 1.60 bits per heavy atom. The zero-order valence-corrected chi connectivity index (χ0v) is 16.0. The molecule has 12 heteroatoms. The highest BCUT2D eigenvalue weighted by Gasteiger charge is 2.46. The molecule has 0 amide bonds. The molecule has 0 spiro atoms. The van der Waals surface area contributed by atoms with Gasteiger partial charge in [0.25, 0.3) is 0 Å². The minimum Gasteiger partial charge on any atom is -0.508 e. The number of methoxy groups -OCH3 is 1. The molecule has 170 valence electrons. The van der Waals surface area contributed by atoms with Crippen molar-refractivity contribution in [2.24, 2.45) is 0 Å². The van der Waals surface area contributed by atoms with Crippen LogP contribution in [0.5, 0.6) is 17.2 Å². The summed E-state index contributed by atoms with van der Waals surface area (Å²) >= 11 is 0. The summed E-state index contributed by atoms with van der Waals surface area (Å²) in [6, 6.07) is 3.96. The summed E-state index contributed by atoms with van der Waals surface area (Å²) in [5.41, 5.74) is 0. The Morgan fingerprint density at radius 1 is 0.900 bits per heavy atom. The van der Waals surface area contributed by atoms with Crippen LogP contribution in [-0.4, -0.2) is 111 Å². The first-order valence-corrected chi connectivity index (χ1v) is 9.23. The summed E-state index contributed by atoms with van der Waals surface area (Å²) in [7, 11) is 1.34. The normalized spacial score (nSPS) is 39.5. The molecule has 2 heterocycles. The SMILES string of the molecule is COc1cc(O)ccc1OC1OC(COC2OCC(O)C(O)C2O)C(O)C(O)C1O. The first kappa shape index (κ1) is 22.9. The monoisotopic (exact) mass is 434 g/mol. The molecule has 7 N–H and O–H groups in total. The Bertz CT molecular complexity index is 702. The highest BCUT2D eigenvalue weighted by Crippen LogP contribution is 2.33. The predicted molar refractivity (Wildman–Crippen MR) is 95.7 cm³/mol. The van der Waals surface area contributed by atoms with Crippen LogP contribution in [-0.2, 0) is 14.2 Å². The Labute approximate surface area is 171 Å². The number of rotatable bonds is 6. The van der Waals surface area contributed by atoms with Crippen molar-refractivity contribution in [3.63, 3.8) is 0 Å². The standard InChI is InChI=1S/C18H26O12/c1-26-10-4-7(19)2-3-9(10)29-18-16(25)14(23)13(22)11(30-18)6-28-17-15(24)12(21)8(20)5-27-17/h2-4,8,11-25H,5-6H2,1H3. The summed E-state index contributed by atoms with van der Waals surface area (Å²) < 4.78 is 26.6. The van der Waals surface area contributed by atoms with E-state index in [1.807, 2.05) is 0 Å². The van der Waals surface area contributed by atoms with Crippen LogP contribution in [0.1, 0.15) is 0 Å². The van der Waals surface area contributed by atoms with E-state index in [0.29, 0.717) is 0 Å². The maximum absolute atomic E-state index is 10.2. The third-order valence-corrected chi connectivity index (χ3v) is 4.94. The van der Waals surface area contributed by atoms with Gasteiger partial charge in [-0.25, -0.2) is 0 Å². The van der Waals surface area contributed by atoms with E-state index in [4.69, 9.17) is 23.7 Å². The third kappa shape index (κ3) is 4.77. The Morgan fingerprint density at radius 3 is 2.30 bits per heavy atom. The Hall–Kier alpha value is -1.74. The number of aliphatic hydroxyl groups excluding tert-OH is 6. The van der Waals surface area contributed by atoms with Gasteiger partial charge in [-0.1, -0.05) is 0 Å². The van der Waals surface area contributed by atoms with Crippen LogP contribution in [0.3, 0.4) is 0 Å². The number of ether oxygens (including phenoxy) is 5. The summed E-state index contributed by atoms with van der Waals surface area (Å²) in [5.74, 6) is 0.167. The number of aromatic hydroxyl groups is 1. The molecule has 1 aromatic carbocycles. The molecular weight excluding hydrogens is 408 g/mol. The second kappa shape index (κ2) is 9.60. The van der Waals surface area contributed by atoms with E-state index >= 15 is 0 Å². The zero-order chi connectivity index (χ0) is 22.0. The number of hydrogen-bond donors (Lipinski definition) is 7. The van der Waals surface area contributed by atoms with Gasteiger partial charge in [0.15, 0.2) is 17.8 Å². The first-order valence-electron chi connectivity index (χ1n) is 9.23. The second-order valence-electron chi connectivity index (χ2n) is 7.05. The average molecular weight is 434 g/mol. The minimum atomic E-state index is -1.65. The molecule has 30 heavy (non-hydrogen) atoms. The maximum Gasteiger partial charge on any atom is 0.229 e. The highest BCUT2D eigenvalue weighted by molar-refractivity contribution is 5.45. The fourth-order valence-electron chi connectivity index (χ4n) is 3.15. The van der Waals surface area contributed by atoms with Gasteiger partial charge in [0.2, 0.25) is 6.29 Å². The van der Waals surface area contributed by atoms with Crippen molar-refractivity contribution in [1.82, 2.24) is 0 Å². The largest absolute Gasteiger partial charge is 0.508 e. The molecular formula is C18H26O12. The van der Waals surface area contributed by atoms with Gasteiger partial charge >= 0.3 is 0 Å². The van der Waals surface area contributed by atoms with Crippen LogP contribution in [0.2, 0.25) is 0 Å². The molecule has 9 atom stereocenters. The van der Waals surface area contributed by atoms with Crippen LogP contribution < -0.4 is 9.47 Å². The molecule has 0 aliphatic carbocycles. The smallest absolute Gasteiger partial charge is 0.229 e. The van der Waals surface area contributed by atoms with Crippen molar-refractivity contribution in [3.05, 3.63) is 18.2 Å². The van der Waals surface area contributed by atoms with Crippen molar-refractivity contribution >= 4 is 0 Å². The highest BCUT2D eigenvalue weighted by atomic mass is 16.7. The first-order chi connectivity index (χ1) is 14.2. The number of phenolic OH excluding ortho intramolecular Hbond substituents is 1. The quantitative estimate of drug-likeness (QED) is 0.241. The zero-order valence-electron chi connectivity index (χ0n) is 16.0. The molecule has 2 aliphatic heterocycles. The summed E-state index contributed by atoms with van der Waals surface area (Å²) in [6.45, 7) is -0.674. The number of phenols is 1. The summed E-state index contributed by atoms with van der Waals surface area (Å²) in [6.07, 6.45) is -13.1. The van der Waals surface area contributed by atoms with Crippen molar-refractivity contribution in [2.75, 3.05) is 20.3 Å². The topological polar surface area (TPSA) is 188 Å². The molecule has 9 unspecified atom stereocenters. The molecule has 2 aliphatic rings. The van der Waals surface area contributed by atoms with Gasteiger partial charge in [0.1, 0.15) is 48.5 Å².